The second-order valence-electron chi connectivity index (χ2n) is 12.9. The fourth-order valence-corrected chi connectivity index (χ4v) is 30.9. The summed E-state index contributed by atoms with van der Waals surface area (Å²) in [4.78, 5) is 0. The SMILES string of the molecule is CCCCCCSC1=C(SCCCCCC)SC(=C2SC3=C(S2)SC(=C2SC4=C(SC(=C5SC(SCCCCCC)=C(SCCCCCC)S5)S4)S2)S3)S1. The fourth-order valence-electron chi connectivity index (χ4n) is 5.35. The minimum absolute atomic E-state index is 1.26. The molecule has 16 heteroatoms. The Bertz CT molecular complexity index is 1320. The molecule has 6 rings (SSSR count). The van der Waals surface area contributed by atoms with Crippen LogP contribution in [0.1, 0.15) is 130 Å². The van der Waals surface area contributed by atoms with Crippen molar-refractivity contribution in [1.29, 1.82) is 0 Å². The van der Waals surface area contributed by atoms with E-state index in [0.29, 0.717) is 0 Å². The molecule has 0 aliphatic carbocycles. The van der Waals surface area contributed by atoms with Crippen molar-refractivity contribution in [2.75, 3.05) is 23.0 Å². The number of hydrogen-bond acceptors (Lipinski definition) is 16. The smallest absolute Gasteiger partial charge is 0.0718 e. The summed E-state index contributed by atoms with van der Waals surface area (Å²) in [5.41, 5.74) is 0. The zero-order chi connectivity index (χ0) is 37.5. The van der Waals surface area contributed by atoms with Gasteiger partial charge in [-0.2, -0.15) is 0 Å². The zero-order valence-corrected chi connectivity index (χ0v) is 44.7. The molecule has 6 aliphatic heterocycles. The molecule has 0 saturated heterocycles. The van der Waals surface area contributed by atoms with Crippen molar-refractivity contribution in [3.05, 3.63) is 59.3 Å². The number of unbranched alkanes of at least 4 members (excludes halogenated alkanes) is 12. The van der Waals surface area contributed by atoms with Gasteiger partial charge >= 0.3 is 0 Å². The Balaban J connectivity index is 0.994. The molecule has 0 nitrogen and oxygen atoms in total. The van der Waals surface area contributed by atoms with Gasteiger partial charge < -0.3 is 0 Å². The van der Waals surface area contributed by atoms with Gasteiger partial charge in [-0.15, -0.1) is 47.0 Å². The maximum atomic E-state index is 2.31. The lowest BCUT2D eigenvalue weighted by Gasteiger charge is -2.09. The van der Waals surface area contributed by atoms with Crippen LogP contribution in [0.15, 0.2) is 59.3 Å². The second kappa shape index (κ2) is 26.4. The van der Waals surface area contributed by atoms with Crippen LogP contribution in [0.3, 0.4) is 0 Å². The first kappa shape index (κ1) is 47.3. The maximum absolute atomic E-state index is 2.31. The Morgan fingerprint density at radius 2 is 0.426 bits per heavy atom. The first-order valence-corrected chi connectivity index (χ1v) is 33.2. The Hall–Kier alpha value is 3.78. The van der Waals surface area contributed by atoms with E-state index in [2.05, 4.69) is 169 Å². The molecule has 54 heavy (non-hydrogen) atoms. The molecular formula is C38H52S16. The van der Waals surface area contributed by atoms with E-state index in [9.17, 15) is 0 Å². The van der Waals surface area contributed by atoms with E-state index in [1.807, 2.05) is 47.0 Å². The fraction of sp³-hybridized carbons (Fsp3) is 0.632. The lowest BCUT2D eigenvalue weighted by molar-refractivity contribution is 0.707. The highest BCUT2D eigenvalue weighted by Crippen LogP contribution is 2.76. The molecule has 300 valence electrons. The van der Waals surface area contributed by atoms with Gasteiger partial charge in [-0.25, -0.2) is 0 Å². The zero-order valence-electron chi connectivity index (χ0n) is 31.7. The van der Waals surface area contributed by atoms with E-state index in [1.165, 1.54) is 168 Å². The summed E-state index contributed by atoms with van der Waals surface area (Å²) < 4.78 is 21.6. The van der Waals surface area contributed by atoms with E-state index in [0.717, 1.165) is 0 Å². The van der Waals surface area contributed by atoms with E-state index in [-0.39, 0.29) is 0 Å². The summed E-state index contributed by atoms with van der Waals surface area (Å²) in [5.74, 6) is 5.05. The Kier molecular flexibility index (Phi) is 23.1. The average Bonchev–Trinajstić information content (AvgIpc) is 4.01. The third-order valence-electron chi connectivity index (χ3n) is 8.32. The summed E-state index contributed by atoms with van der Waals surface area (Å²) in [7, 11) is 0. The van der Waals surface area contributed by atoms with Crippen molar-refractivity contribution in [2.24, 2.45) is 0 Å². The molecule has 0 spiro atoms. The predicted octanol–water partition coefficient (Wildman–Crippen LogP) is 21.0. The summed E-state index contributed by atoms with van der Waals surface area (Å²) >= 11 is 33.2. The molecule has 0 aromatic heterocycles. The van der Waals surface area contributed by atoms with Crippen molar-refractivity contribution in [3.8, 4) is 0 Å². The summed E-state index contributed by atoms with van der Waals surface area (Å²) in [6.07, 6.45) is 21.6. The van der Waals surface area contributed by atoms with Gasteiger partial charge in [0.1, 0.15) is 0 Å². The Labute approximate surface area is 395 Å². The van der Waals surface area contributed by atoms with Crippen LogP contribution < -0.4 is 0 Å². The number of hydrogen-bond donors (Lipinski definition) is 0. The van der Waals surface area contributed by atoms with Crippen molar-refractivity contribution < 1.29 is 0 Å². The third kappa shape index (κ3) is 14.4. The van der Waals surface area contributed by atoms with Gasteiger partial charge in [0, 0.05) is 0 Å². The lowest BCUT2D eigenvalue weighted by Crippen LogP contribution is -1.83. The first-order chi connectivity index (χ1) is 26.6. The van der Waals surface area contributed by atoms with E-state index in [1.54, 1.807) is 16.9 Å². The average molecular weight is 1020 g/mol. The van der Waals surface area contributed by atoms with Gasteiger partial charge in [0.15, 0.2) is 0 Å². The van der Waals surface area contributed by atoms with Crippen LogP contribution in [-0.2, 0) is 0 Å². The molecule has 6 heterocycles. The standard InChI is InChI=1S/C38H52S16/c1-5-9-13-17-21-39-25-26(40-22-18-14-10-6-2)44-29(43-25)31-47-33-34(48-31)52-37(51-33)38-53-35-36(54-38)50-32(49-35)30-45-27(41-23-19-15-11-7-3)28(46-30)42-24-20-16-12-8-4/h5-24H2,1-4H3. The van der Waals surface area contributed by atoms with Crippen molar-refractivity contribution in [2.45, 2.75) is 130 Å². The van der Waals surface area contributed by atoms with E-state index in [4.69, 9.17) is 0 Å². The summed E-state index contributed by atoms with van der Waals surface area (Å²) in [5, 5.41) is 0. The molecule has 6 aliphatic rings. The molecule has 0 atom stereocenters. The molecule has 0 bridgehead atoms. The lowest BCUT2D eigenvalue weighted by atomic mass is 10.2. The molecule has 0 amide bonds. The van der Waals surface area contributed by atoms with Gasteiger partial charge in [0.25, 0.3) is 0 Å². The minimum atomic E-state index is 1.26. The van der Waals surface area contributed by atoms with Gasteiger partial charge in [0.05, 0.1) is 59.3 Å². The number of rotatable bonds is 24. The quantitative estimate of drug-likeness (QED) is 0.0842. The summed E-state index contributed by atoms with van der Waals surface area (Å²) in [6.45, 7) is 9.24. The van der Waals surface area contributed by atoms with Crippen molar-refractivity contribution in [3.63, 3.8) is 0 Å². The maximum Gasteiger partial charge on any atom is 0.0718 e. The predicted molar refractivity (Wildman–Crippen MR) is 287 cm³/mol. The van der Waals surface area contributed by atoms with Crippen LogP contribution in [0.5, 0.6) is 0 Å². The Morgan fingerprint density at radius 3 is 0.611 bits per heavy atom. The minimum Gasteiger partial charge on any atom is -0.117 e. The van der Waals surface area contributed by atoms with Gasteiger partial charge in [0.2, 0.25) is 0 Å². The van der Waals surface area contributed by atoms with Crippen LogP contribution in [0.2, 0.25) is 0 Å². The molecule has 0 fully saturated rings. The Morgan fingerprint density at radius 1 is 0.241 bits per heavy atom. The molecular weight excluding hydrogens is 969 g/mol. The van der Waals surface area contributed by atoms with Gasteiger partial charge in [-0.3, -0.25) is 0 Å². The number of thioether (sulfide) groups is 16. The van der Waals surface area contributed by atoms with Gasteiger partial charge in [-0.1, -0.05) is 246 Å². The van der Waals surface area contributed by atoms with Crippen molar-refractivity contribution in [1.82, 2.24) is 0 Å². The van der Waals surface area contributed by atoms with Crippen LogP contribution in [-0.4, -0.2) is 23.0 Å². The topological polar surface area (TPSA) is 0 Å². The molecule has 0 aromatic carbocycles. The van der Waals surface area contributed by atoms with Crippen LogP contribution >= 0.6 is 188 Å². The van der Waals surface area contributed by atoms with E-state index >= 15 is 0 Å². The van der Waals surface area contributed by atoms with Crippen LogP contribution in [0.25, 0.3) is 0 Å². The van der Waals surface area contributed by atoms with Gasteiger partial charge in [-0.05, 0) is 48.7 Å². The third-order valence-corrected chi connectivity index (χ3v) is 32.5. The molecule has 0 saturated carbocycles. The highest BCUT2D eigenvalue weighted by Gasteiger charge is 2.40. The van der Waals surface area contributed by atoms with Crippen LogP contribution in [0.4, 0.5) is 0 Å². The molecule has 0 unspecified atom stereocenters. The molecule has 0 radical (unpaired) electrons. The monoisotopic (exact) mass is 1020 g/mol. The summed E-state index contributed by atoms with van der Waals surface area (Å²) in [6, 6.07) is 0. The largest absolute Gasteiger partial charge is 0.117 e. The second-order valence-corrected chi connectivity index (χ2v) is 33.2. The first-order valence-electron chi connectivity index (χ1n) is 19.4. The van der Waals surface area contributed by atoms with E-state index < -0.39 is 0 Å². The molecule has 0 N–H and O–H groups in total. The molecule has 0 aromatic rings. The van der Waals surface area contributed by atoms with Crippen molar-refractivity contribution >= 4 is 188 Å². The normalized spacial score (nSPS) is 20.2. The highest BCUT2D eigenvalue weighted by atomic mass is 32.3. The highest BCUT2D eigenvalue weighted by molar-refractivity contribution is 8.53. The van der Waals surface area contributed by atoms with Crippen LogP contribution in [0, 0.1) is 0 Å².